The first kappa shape index (κ1) is 15.5. The highest BCUT2D eigenvalue weighted by Gasteiger charge is 2.16. The van der Waals surface area contributed by atoms with Crippen LogP contribution in [0.25, 0.3) is 0 Å². The molecule has 0 heterocycles. The molecule has 19 heavy (non-hydrogen) atoms. The first-order valence-electron chi connectivity index (χ1n) is 5.75. The summed E-state index contributed by atoms with van der Waals surface area (Å²) in [6, 6.07) is 6.29. The van der Waals surface area contributed by atoms with Gasteiger partial charge in [-0.1, -0.05) is 12.1 Å². The van der Waals surface area contributed by atoms with Gasteiger partial charge in [-0.25, -0.2) is 13.2 Å². The van der Waals surface area contributed by atoms with Crippen molar-refractivity contribution in [2.75, 3.05) is 30.8 Å². The molecule has 1 N–H and O–H groups in total. The van der Waals surface area contributed by atoms with Crippen LogP contribution in [0, 0.1) is 0 Å². The van der Waals surface area contributed by atoms with Gasteiger partial charge in [0.2, 0.25) is 10.0 Å². The monoisotopic (exact) mass is 287 g/mol. The molecule has 0 aromatic heterocycles. The van der Waals surface area contributed by atoms with E-state index in [0.29, 0.717) is 0 Å². The first-order valence-corrected chi connectivity index (χ1v) is 7.41. The van der Waals surface area contributed by atoms with Crippen LogP contribution < -0.4 is 4.72 Å². The summed E-state index contributed by atoms with van der Waals surface area (Å²) in [4.78, 5) is 11.7. The van der Waals surface area contributed by atoms with Crippen molar-refractivity contribution in [2.45, 2.75) is 6.92 Å². The third-order valence-electron chi connectivity index (χ3n) is 2.24. The van der Waals surface area contributed by atoms with Crippen LogP contribution in [0.2, 0.25) is 0 Å². The maximum absolute atomic E-state index is 11.7. The molecule has 0 fully saturated rings. The number of sulfonamides is 1. The van der Waals surface area contributed by atoms with Crippen molar-refractivity contribution >= 4 is 21.7 Å². The van der Waals surface area contributed by atoms with Gasteiger partial charge in [0, 0.05) is 7.11 Å². The van der Waals surface area contributed by atoms with Gasteiger partial charge in [-0.15, -0.1) is 0 Å². The number of para-hydroxylation sites is 1. The largest absolute Gasteiger partial charge is 0.462 e. The van der Waals surface area contributed by atoms with Crippen molar-refractivity contribution in [3.05, 3.63) is 29.8 Å². The van der Waals surface area contributed by atoms with Gasteiger partial charge in [0.25, 0.3) is 0 Å². The second kappa shape index (κ2) is 7.10. The molecule has 0 radical (unpaired) electrons. The van der Waals surface area contributed by atoms with Gasteiger partial charge in [-0.05, 0) is 19.1 Å². The summed E-state index contributed by atoms with van der Waals surface area (Å²) < 4.78 is 35.4. The predicted molar refractivity (Wildman–Crippen MR) is 71.7 cm³/mol. The van der Waals surface area contributed by atoms with Gasteiger partial charge in [-0.3, -0.25) is 4.72 Å². The molecule has 0 atom stereocenters. The smallest absolute Gasteiger partial charge is 0.340 e. The molecule has 0 saturated heterocycles. The van der Waals surface area contributed by atoms with Crippen LogP contribution in [-0.2, 0) is 19.5 Å². The molecular weight excluding hydrogens is 270 g/mol. The standard InChI is InChI=1S/C12H17NO5S/c1-3-18-12(14)10-6-4-5-7-11(10)13-19(15,16)9-8-17-2/h4-7,13H,3,8-9H2,1-2H3. The molecule has 0 amide bonds. The molecule has 106 valence electrons. The third-order valence-corrected chi connectivity index (χ3v) is 3.48. The van der Waals surface area contributed by atoms with Crippen LogP contribution in [0.1, 0.15) is 17.3 Å². The Kier molecular flexibility index (Phi) is 5.78. The fourth-order valence-corrected chi connectivity index (χ4v) is 2.37. The number of benzene rings is 1. The third kappa shape index (κ3) is 4.88. The molecule has 7 heteroatoms. The Morgan fingerprint density at radius 1 is 1.32 bits per heavy atom. The molecule has 0 aliphatic rings. The number of anilines is 1. The summed E-state index contributed by atoms with van der Waals surface area (Å²) in [6.45, 7) is 1.99. The number of hydrogen-bond donors (Lipinski definition) is 1. The van der Waals surface area contributed by atoms with E-state index in [1.54, 1.807) is 19.1 Å². The van der Waals surface area contributed by atoms with Gasteiger partial charge >= 0.3 is 5.97 Å². The lowest BCUT2D eigenvalue weighted by molar-refractivity contribution is 0.0527. The molecule has 0 aliphatic heterocycles. The Balaban J connectivity index is 2.92. The second-order valence-corrected chi connectivity index (χ2v) is 5.52. The highest BCUT2D eigenvalue weighted by Crippen LogP contribution is 2.17. The van der Waals surface area contributed by atoms with E-state index in [9.17, 15) is 13.2 Å². The lowest BCUT2D eigenvalue weighted by Crippen LogP contribution is -2.21. The maximum Gasteiger partial charge on any atom is 0.340 e. The zero-order chi connectivity index (χ0) is 14.3. The number of ether oxygens (including phenoxy) is 2. The van der Waals surface area contributed by atoms with Crippen LogP contribution in [0.15, 0.2) is 24.3 Å². The summed E-state index contributed by atoms with van der Waals surface area (Å²) in [5.74, 6) is -0.742. The highest BCUT2D eigenvalue weighted by atomic mass is 32.2. The van der Waals surface area contributed by atoms with E-state index in [0.717, 1.165) is 0 Å². The van der Waals surface area contributed by atoms with E-state index >= 15 is 0 Å². The minimum atomic E-state index is -3.55. The molecule has 0 saturated carbocycles. The van der Waals surface area contributed by atoms with Gasteiger partial charge in [0.05, 0.1) is 30.2 Å². The molecule has 0 bridgehead atoms. The summed E-state index contributed by atoms with van der Waals surface area (Å²) in [5, 5.41) is 0. The van der Waals surface area contributed by atoms with Gasteiger partial charge < -0.3 is 9.47 Å². The zero-order valence-electron chi connectivity index (χ0n) is 10.9. The van der Waals surface area contributed by atoms with Crippen molar-refractivity contribution in [1.82, 2.24) is 0 Å². The fourth-order valence-electron chi connectivity index (χ4n) is 1.37. The van der Waals surface area contributed by atoms with E-state index < -0.39 is 16.0 Å². The van der Waals surface area contributed by atoms with Crippen molar-refractivity contribution in [2.24, 2.45) is 0 Å². The second-order valence-electron chi connectivity index (χ2n) is 3.68. The molecular formula is C12H17NO5S. The number of esters is 1. The quantitative estimate of drug-likeness (QED) is 0.763. The summed E-state index contributed by atoms with van der Waals surface area (Å²) in [6.07, 6.45) is 0. The fraction of sp³-hybridized carbons (Fsp3) is 0.417. The van der Waals surface area contributed by atoms with Gasteiger partial charge in [-0.2, -0.15) is 0 Å². The molecule has 1 aromatic carbocycles. The number of nitrogens with one attached hydrogen (secondary N) is 1. The van der Waals surface area contributed by atoms with Crippen molar-refractivity contribution in [1.29, 1.82) is 0 Å². The zero-order valence-corrected chi connectivity index (χ0v) is 11.7. The lowest BCUT2D eigenvalue weighted by atomic mass is 10.2. The Morgan fingerprint density at radius 3 is 2.63 bits per heavy atom. The molecule has 6 nitrogen and oxygen atoms in total. The Labute approximate surface area is 112 Å². The van der Waals surface area contributed by atoms with E-state index in [1.165, 1.54) is 19.2 Å². The number of hydrogen-bond acceptors (Lipinski definition) is 5. The molecule has 0 unspecified atom stereocenters. The number of methoxy groups -OCH3 is 1. The topological polar surface area (TPSA) is 81.7 Å². The lowest BCUT2D eigenvalue weighted by Gasteiger charge is -2.11. The van der Waals surface area contributed by atoms with Crippen LogP contribution in [0.3, 0.4) is 0 Å². The van der Waals surface area contributed by atoms with E-state index in [1.807, 2.05) is 0 Å². The number of rotatable bonds is 7. The summed E-state index contributed by atoms with van der Waals surface area (Å²) in [7, 11) is -2.13. The maximum atomic E-state index is 11.7. The molecule has 0 aliphatic carbocycles. The van der Waals surface area contributed by atoms with Gasteiger partial charge in [0.15, 0.2) is 0 Å². The van der Waals surface area contributed by atoms with E-state index in [-0.39, 0.29) is 30.2 Å². The minimum Gasteiger partial charge on any atom is -0.462 e. The van der Waals surface area contributed by atoms with Crippen molar-refractivity contribution < 1.29 is 22.7 Å². The van der Waals surface area contributed by atoms with Gasteiger partial charge in [0.1, 0.15) is 0 Å². The van der Waals surface area contributed by atoms with E-state index in [4.69, 9.17) is 9.47 Å². The van der Waals surface area contributed by atoms with Crippen LogP contribution in [0.5, 0.6) is 0 Å². The number of carbonyl (C=O) groups excluding carboxylic acids is 1. The van der Waals surface area contributed by atoms with E-state index in [2.05, 4.69) is 4.72 Å². The normalized spacial score (nSPS) is 11.1. The molecule has 0 spiro atoms. The Bertz CT molecular complexity index is 527. The Hall–Kier alpha value is -1.60. The highest BCUT2D eigenvalue weighted by molar-refractivity contribution is 7.92. The Morgan fingerprint density at radius 2 is 2.00 bits per heavy atom. The average molecular weight is 287 g/mol. The molecule has 1 rings (SSSR count). The average Bonchev–Trinajstić information content (AvgIpc) is 2.37. The first-order chi connectivity index (χ1) is 9.00. The number of carbonyl (C=O) groups is 1. The van der Waals surface area contributed by atoms with Crippen LogP contribution >= 0.6 is 0 Å². The predicted octanol–water partition coefficient (Wildman–Crippen LogP) is 1.25. The van der Waals surface area contributed by atoms with Crippen LogP contribution in [-0.4, -0.2) is 40.5 Å². The summed E-state index contributed by atoms with van der Waals surface area (Å²) >= 11 is 0. The van der Waals surface area contributed by atoms with Crippen molar-refractivity contribution in [3.8, 4) is 0 Å². The SMILES string of the molecule is CCOC(=O)c1ccccc1NS(=O)(=O)CCOC. The summed E-state index contributed by atoms with van der Waals surface area (Å²) in [5.41, 5.74) is 0.391. The molecule has 1 aromatic rings. The minimum absolute atomic E-state index is 0.0803. The van der Waals surface area contributed by atoms with Crippen LogP contribution in [0.4, 0.5) is 5.69 Å². The van der Waals surface area contributed by atoms with Crippen molar-refractivity contribution in [3.63, 3.8) is 0 Å².